The Hall–Kier alpha value is -2.40. The summed E-state index contributed by atoms with van der Waals surface area (Å²) in [7, 11) is -3.78. The topological polar surface area (TPSA) is 131 Å². The van der Waals surface area contributed by atoms with Gasteiger partial charge < -0.3 is 25.2 Å². The van der Waals surface area contributed by atoms with Crippen molar-refractivity contribution < 1.29 is 37.0 Å². The average Bonchev–Trinajstić information content (AvgIpc) is 2.66. The van der Waals surface area contributed by atoms with E-state index in [1.807, 2.05) is 0 Å². The van der Waals surface area contributed by atoms with Crippen LogP contribution in [-0.2, 0) is 19.4 Å². The number of hydrogen-bond acceptors (Lipinski definition) is 7. The number of halogens is 1. The lowest BCUT2D eigenvalue weighted by molar-refractivity contribution is -0.129. The highest BCUT2D eigenvalue weighted by molar-refractivity contribution is 7.90. The first-order chi connectivity index (χ1) is 15.1. The number of alkyl carbamates (subject to hydrolysis) is 1. The van der Waals surface area contributed by atoms with Gasteiger partial charge in [-0.05, 0) is 65.0 Å². The number of amides is 2. The zero-order valence-corrected chi connectivity index (χ0v) is 20.1. The van der Waals surface area contributed by atoms with Crippen molar-refractivity contribution in [1.82, 2.24) is 10.6 Å². The second kappa shape index (κ2) is 8.75. The van der Waals surface area contributed by atoms with Gasteiger partial charge in [0.1, 0.15) is 22.1 Å². The van der Waals surface area contributed by atoms with Gasteiger partial charge >= 0.3 is 6.09 Å². The number of aliphatic hydroxyl groups is 1. The molecule has 3 N–H and O–H groups in total. The Morgan fingerprint density at radius 1 is 1.18 bits per heavy atom. The summed E-state index contributed by atoms with van der Waals surface area (Å²) in [5.74, 6) is -1.28. The van der Waals surface area contributed by atoms with Gasteiger partial charge in [0.2, 0.25) is 0 Å². The van der Waals surface area contributed by atoms with Crippen LogP contribution in [0.4, 0.5) is 9.18 Å². The van der Waals surface area contributed by atoms with E-state index in [4.69, 9.17) is 9.47 Å². The van der Waals surface area contributed by atoms with E-state index in [1.54, 1.807) is 20.8 Å². The van der Waals surface area contributed by atoms with Gasteiger partial charge in [-0.15, -0.1) is 0 Å². The van der Waals surface area contributed by atoms with Gasteiger partial charge in [-0.1, -0.05) is 0 Å². The predicted octanol–water partition coefficient (Wildman–Crippen LogP) is 2.07. The summed E-state index contributed by atoms with van der Waals surface area (Å²) in [5, 5.41) is 16.5. The van der Waals surface area contributed by atoms with Crippen molar-refractivity contribution >= 4 is 21.8 Å². The maximum absolute atomic E-state index is 13.7. The van der Waals surface area contributed by atoms with E-state index in [9.17, 15) is 27.5 Å². The smallest absolute Gasteiger partial charge is 0.408 e. The second-order valence-electron chi connectivity index (χ2n) is 9.98. The number of aliphatic hydroxyl groups excluding tert-OH is 1. The van der Waals surface area contributed by atoms with Crippen LogP contribution in [0.2, 0.25) is 0 Å². The van der Waals surface area contributed by atoms with E-state index < -0.39 is 61.9 Å². The van der Waals surface area contributed by atoms with Crippen molar-refractivity contribution in [2.75, 3.05) is 12.9 Å². The zero-order chi connectivity index (χ0) is 24.7. The van der Waals surface area contributed by atoms with Crippen molar-refractivity contribution in [2.45, 2.75) is 80.6 Å². The van der Waals surface area contributed by atoms with Gasteiger partial charge in [0.25, 0.3) is 5.91 Å². The fourth-order valence-corrected chi connectivity index (χ4v) is 5.26. The molecule has 0 radical (unpaired) electrons. The molecule has 3 fully saturated rings. The number of nitrogens with one attached hydrogen (secondary N) is 2. The molecule has 4 rings (SSSR count). The molecule has 3 aliphatic carbocycles. The molecule has 33 heavy (non-hydrogen) atoms. The molecule has 0 saturated heterocycles. The van der Waals surface area contributed by atoms with E-state index in [2.05, 4.69) is 10.6 Å². The predicted molar refractivity (Wildman–Crippen MR) is 117 cm³/mol. The van der Waals surface area contributed by atoms with Crippen LogP contribution in [0.3, 0.4) is 0 Å². The summed E-state index contributed by atoms with van der Waals surface area (Å²) in [4.78, 5) is 24.3. The maximum atomic E-state index is 13.7. The monoisotopic (exact) mass is 486 g/mol. The van der Waals surface area contributed by atoms with Gasteiger partial charge in [-0.2, -0.15) is 0 Å². The highest BCUT2D eigenvalue weighted by atomic mass is 32.2. The minimum Gasteiger partial charge on any atom is -0.484 e. The Kier molecular flexibility index (Phi) is 6.69. The Morgan fingerprint density at radius 3 is 2.36 bits per heavy atom. The number of benzene rings is 1. The summed E-state index contributed by atoms with van der Waals surface area (Å²) in [6.45, 7) is 4.89. The molecule has 2 amide bonds. The normalized spacial score (nSPS) is 27.0. The van der Waals surface area contributed by atoms with Crippen LogP contribution < -0.4 is 15.4 Å². The standard InChI is InChI=1S/C22H31FN2O7S/c1-20(2,3)32-19(28)25-22-9-7-21(8-10-22,12-17(22)26)24-18(27)13-31-14-5-6-15(23)16(11-14)33(4,29)30/h5-6,11,17,26H,7-10,12-13H2,1-4H3,(H,24,27)(H,25,28)/t17-,21?,22?/m0/s1. The first kappa shape index (κ1) is 25.2. The largest absolute Gasteiger partial charge is 0.484 e. The number of hydrogen-bond donors (Lipinski definition) is 3. The van der Waals surface area contributed by atoms with Crippen LogP contribution in [0.5, 0.6) is 5.75 Å². The molecule has 0 spiro atoms. The van der Waals surface area contributed by atoms with Gasteiger partial charge in [-0.25, -0.2) is 17.6 Å². The lowest BCUT2D eigenvalue weighted by Crippen LogP contribution is -2.70. The minimum absolute atomic E-state index is 0.0531. The fraction of sp³-hybridized carbons (Fsp3) is 0.636. The summed E-state index contributed by atoms with van der Waals surface area (Å²) in [6.07, 6.45) is 1.78. The third kappa shape index (κ3) is 5.94. The summed E-state index contributed by atoms with van der Waals surface area (Å²) < 4.78 is 47.7. The van der Waals surface area contributed by atoms with Crippen molar-refractivity contribution in [3.63, 3.8) is 0 Å². The average molecular weight is 487 g/mol. The molecule has 184 valence electrons. The Bertz CT molecular complexity index is 1030. The molecule has 2 bridgehead atoms. The SMILES string of the molecule is CC(C)(C)OC(=O)NC12CCC(NC(=O)COc3ccc(F)c(S(C)(=O)=O)c3)(CC1)C[C@@H]2O. The van der Waals surface area contributed by atoms with Crippen molar-refractivity contribution in [1.29, 1.82) is 0 Å². The maximum Gasteiger partial charge on any atom is 0.408 e. The van der Waals surface area contributed by atoms with E-state index in [1.165, 1.54) is 6.07 Å². The van der Waals surface area contributed by atoms with Crippen LogP contribution >= 0.6 is 0 Å². The van der Waals surface area contributed by atoms with E-state index in [0.29, 0.717) is 25.7 Å². The van der Waals surface area contributed by atoms with E-state index in [-0.39, 0.29) is 12.2 Å². The third-order valence-corrected chi connectivity index (χ3v) is 7.26. The molecule has 1 aromatic rings. The molecular formula is C22H31FN2O7S. The van der Waals surface area contributed by atoms with Crippen molar-refractivity contribution in [3.05, 3.63) is 24.0 Å². The number of ether oxygens (including phenoxy) is 2. The molecule has 0 aliphatic heterocycles. The summed E-state index contributed by atoms with van der Waals surface area (Å²) >= 11 is 0. The molecule has 11 heteroatoms. The second-order valence-corrected chi connectivity index (χ2v) is 12.0. The lowest BCUT2D eigenvalue weighted by Gasteiger charge is -2.56. The van der Waals surface area contributed by atoms with Gasteiger partial charge in [-0.3, -0.25) is 4.79 Å². The van der Waals surface area contributed by atoms with Crippen LogP contribution in [0.1, 0.15) is 52.9 Å². The molecule has 3 saturated carbocycles. The molecule has 9 nitrogen and oxygen atoms in total. The van der Waals surface area contributed by atoms with Gasteiger partial charge in [0, 0.05) is 17.9 Å². The number of sulfone groups is 1. The highest BCUT2D eigenvalue weighted by Crippen LogP contribution is 2.47. The fourth-order valence-electron chi connectivity index (χ4n) is 4.51. The Balaban J connectivity index is 1.58. The third-order valence-electron chi connectivity index (χ3n) is 6.15. The van der Waals surface area contributed by atoms with Crippen molar-refractivity contribution in [3.8, 4) is 5.75 Å². The zero-order valence-electron chi connectivity index (χ0n) is 19.2. The molecule has 1 atom stereocenters. The van der Waals surface area contributed by atoms with Crippen LogP contribution in [0, 0.1) is 5.82 Å². The van der Waals surface area contributed by atoms with Gasteiger partial charge in [0.05, 0.1) is 11.6 Å². The molecule has 0 heterocycles. The van der Waals surface area contributed by atoms with E-state index >= 15 is 0 Å². The molecule has 1 aromatic carbocycles. The number of carbonyl (C=O) groups excluding carboxylic acids is 2. The first-order valence-corrected chi connectivity index (χ1v) is 12.6. The van der Waals surface area contributed by atoms with Crippen LogP contribution in [-0.4, -0.2) is 61.2 Å². The quantitative estimate of drug-likeness (QED) is 0.561. The number of rotatable bonds is 6. The molecule has 0 aromatic heterocycles. The number of carbonyl (C=O) groups is 2. The Morgan fingerprint density at radius 2 is 1.82 bits per heavy atom. The molecular weight excluding hydrogens is 455 g/mol. The Labute approximate surface area is 192 Å². The summed E-state index contributed by atoms with van der Waals surface area (Å²) in [5.41, 5.74) is -2.07. The van der Waals surface area contributed by atoms with E-state index in [0.717, 1.165) is 18.4 Å². The summed E-state index contributed by atoms with van der Waals surface area (Å²) in [6, 6.07) is 3.26. The number of fused-ring (bicyclic) bond motifs is 3. The highest BCUT2D eigenvalue weighted by Gasteiger charge is 2.55. The van der Waals surface area contributed by atoms with Crippen LogP contribution in [0.15, 0.2) is 23.1 Å². The molecule has 3 aliphatic rings. The first-order valence-electron chi connectivity index (χ1n) is 10.8. The van der Waals surface area contributed by atoms with Gasteiger partial charge in [0.15, 0.2) is 16.4 Å². The van der Waals surface area contributed by atoms with Crippen LogP contribution in [0.25, 0.3) is 0 Å². The minimum atomic E-state index is -3.78. The lowest BCUT2D eigenvalue weighted by atomic mass is 9.60. The molecule has 0 unspecified atom stereocenters. The van der Waals surface area contributed by atoms with Crippen molar-refractivity contribution in [2.24, 2.45) is 0 Å².